The molecule has 41 heavy (non-hydrogen) atoms. The van der Waals surface area contributed by atoms with E-state index >= 15 is 0 Å². The van der Waals surface area contributed by atoms with Gasteiger partial charge in [0.15, 0.2) is 17.5 Å². The van der Waals surface area contributed by atoms with Crippen molar-refractivity contribution in [3.63, 3.8) is 0 Å². The molecule has 0 heterocycles. The Labute approximate surface area is 239 Å². The predicted molar refractivity (Wildman–Crippen MR) is 151 cm³/mol. The molecule has 7 nitrogen and oxygen atoms in total. The molecule has 0 unspecified atom stereocenters. The number of ketones is 1. The fourth-order valence-electron chi connectivity index (χ4n) is 8.23. The van der Waals surface area contributed by atoms with E-state index in [1.807, 2.05) is 13.0 Å². The number of esters is 2. The van der Waals surface area contributed by atoms with Gasteiger partial charge in [-0.1, -0.05) is 62.4 Å². The van der Waals surface area contributed by atoms with E-state index in [0.717, 1.165) is 0 Å². The van der Waals surface area contributed by atoms with Crippen LogP contribution in [0.3, 0.4) is 0 Å². The van der Waals surface area contributed by atoms with Gasteiger partial charge in [-0.3, -0.25) is 4.79 Å². The van der Waals surface area contributed by atoms with Gasteiger partial charge in [-0.2, -0.15) is 0 Å². The second-order valence-corrected chi connectivity index (χ2v) is 12.7. The summed E-state index contributed by atoms with van der Waals surface area (Å²) in [4.78, 5) is 40.5. The number of benzene rings is 2. The van der Waals surface area contributed by atoms with Crippen molar-refractivity contribution in [2.45, 2.75) is 51.9 Å². The maximum atomic E-state index is 14.7. The lowest BCUT2D eigenvalue weighted by Gasteiger charge is -2.48. The second kappa shape index (κ2) is 9.50. The van der Waals surface area contributed by atoms with Crippen LogP contribution in [0.25, 0.3) is 0 Å². The third kappa shape index (κ3) is 3.82. The standard InChI is InChI=1S/C34H36O7/c1-19-15-24-26-25(32(26,4)18-40-30(37)22-11-7-5-8-12-22)16-21(3)33(28(24)36)17-20(2)29(34(33,39)27(19)35)41-31(38)23-13-9-6-10-14-23/h5-15,17,21,24-27,29,35,39H,16,18H2,1-4H3/t21-,24+,25-,26+,27-,29+,32+,33+,34+/m1/s1. The quantitative estimate of drug-likeness (QED) is 0.411. The smallest absolute Gasteiger partial charge is 0.338 e. The first-order valence-corrected chi connectivity index (χ1v) is 14.3. The molecule has 2 bridgehead atoms. The summed E-state index contributed by atoms with van der Waals surface area (Å²) in [6, 6.07) is 17.3. The number of allylic oxidation sites excluding steroid dienone is 1. The Hall–Kier alpha value is -3.55. The topological polar surface area (TPSA) is 110 Å². The summed E-state index contributed by atoms with van der Waals surface area (Å²) in [5.41, 5.74) is -2.16. The zero-order valence-corrected chi connectivity index (χ0v) is 23.7. The van der Waals surface area contributed by atoms with Crippen LogP contribution in [0, 0.1) is 34.5 Å². The van der Waals surface area contributed by atoms with E-state index in [9.17, 15) is 24.6 Å². The molecule has 2 aromatic rings. The fourth-order valence-corrected chi connectivity index (χ4v) is 8.23. The molecule has 6 rings (SSSR count). The van der Waals surface area contributed by atoms with Gasteiger partial charge in [0.05, 0.1) is 23.1 Å². The molecule has 214 valence electrons. The lowest BCUT2D eigenvalue weighted by Crippen LogP contribution is -2.65. The van der Waals surface area contributed by atoms with E-state index in [2.05, 4.69) is 6.92 Å². The van der Waals surface area contributed by atoms with E-state index < -0.39 is 46.5 Å². The maximum Gasteiger partial charge on any atom is 0.338 e. The molecule has 4 aliphatic carbocycles. The highest BCUT2D eigenvalue weighted by molar-refractivity contribution is 5.96. The number of fused-ring (bicyclic) bond motifs is 3. The van der Waals surface area contributed by atoms with Crippen molar-refractivity contribution in [2.75, 3.05) is 6.61 Å². The summed E-state index contributed by atoms with van der Waals surface area (Å²) in [5, 5.41) is 24.2. The normalized spacial score (nSPS) is 38.8. The van der Waals surface area contributed by atoms with Crippen LogP contribution in [0.2, 0.25) is 0 Å². The number of hydrogen-bond donors (Lipinski definition) is 2. The van der Waals surface area contributed by atoms with E-state index in [1.165, 1.54) is 0 Å². The van der Waals surface area contributed by atoms with Gasteiger partial charge in [0.2, 0.25) is 0 Å². The van der Waals surface area contributed by atoms with E-state index in [4.69, 9.17) is 9.47 Å². The van der Waals surface area contributed by atoms with E-state index in [1.54, 1.807) is 80.6 Å². The number of aliphatic hydroxyl groups excluding tert-OH is 1. The van der Waals surface area contributed by atoms with Crippen LogP contribution in [-0.2, 0) is 14.3 Å². The van der Waals surface area contributed by atoms with Crippen molar-refractivity contribution in [2.24, 2.45) is 34.5 Å². The second-order valence-electron chi connectivity index (χ2n) is 12.7. The summed E-state index contributed by atoms with van der Waals surface area (Å²) in [7, 11) is 0. The average molecular weight is 557 g/mol. The molecule has 2 saturated carbocycles. The molecule has 2 fully saturated rings. The molecule has 1 spiro atoms. The number of Topliss-reactive ketones (excluding diaryl/α,β-unsaturated/α-hetero) is 1. The summed E-state index contributed by atoms with van der Waals surface area (Å²) in [6.07, 6.45) is 1.48. The van der Waals surface area contributed by atoms with Gasteiger partial charge in [-0.15, -0.1) is 0 Å². The monoisotopic (exact) mass is 556 g/mol. The molecule has 0 amide bonds. The molecule has 4 aliphatic rings. The molecule has 0 aromatic heterocycles. The van der Waals surface area contributed by atoms with Gasteiger partial charge in [-0.05, 0) is 73.4 Å². The number of rotatable bonds is 5. The minimum absolute atomic E-state index is 0.0672. The van der Waals surface area contributed by atoms with Gasteiger partial charge in [-0.25, -0.2) is 9.59 Å². The van der Waals surface area contributed by atoms with Crippen molar-refractivity contribution in [1.82, 2.24) is 0 Å². The van der Waals surface area contributed by atoms with Crippen molar-refractivity contribution in [3.8, 4) is 0 Å². The molecule has 0 radical (unpaired) electrons. The minimum atomic E-state index is -2.07. The Kier molecular flexibility index (Phi) is 6.40. The zero-order valence-electron chi connectivity index (χ0n) is 23.7. The Morgan fingerprint density at radius 3 is 2.15 bits per heavy atom. The number of carbonyl (C=O) groups is 3. The highest BCUT2D eigenvalue weighted by atomic mass is 16.6. The summed E-state index contributed by atoms with van der Waals surface area (Å²) in [6.45, 7) is 7.60. The van der Waals surface area contributed by atoms with Gasteiger partial charge in [0.25, 0.3) is 0 Å². The lowest BCUT2D eigenvalue weighted by atomic mass is 9.59. The molecule has 0 saturated heterocycles. The molecule has 2 N–H and O–H groups in total. The van der Waals surface area contributed by atoms with Crippen LogP contribution in [0.4, 0.5) is 0 Å². The number of aliphatic hydroxyl groups is 2. The Balaban J connectivity index is 1.33. The lowest BCUT2D eigenvalue weighted by molar-refractivity contribution is -0.190. The fraction of sp³-hybridized carbons (Fsp3) is 0.441. The molecule has 0 aliphatic heterocycles. The Morgan fingerprint density at radius 2 is 1.54 bits per heavy atom. The Bertz CT molecular complexity index is 1460. The zero-order chi connectivity index (χ0) is 29.3. The summed E-state index contributed by atoms with van der Waals surface area (Å²) < 4.78 is 11.7. The first-order valence-electron chi connectivity index (χ1n) is 14.3. The Morgan fingerprint density at radius 1 is 0.951 bits per heavy atom. The van der Waals surface area contributed by atoms with Crippen LogP contribution in [0.15, 0.2) is 84.0 Å². The van der Waals surface area contributed by atoms with Crippen molar-refractivity contribution < 1.29 is 34.1 Å². The molecular formula is C34H36O7. The van der Waals surface area contributed by atoms with Crippen LogP contribution >= 0.6 is 0 Å². The highest BCUT2D eigenvalue weighted by Gasteiger charge is 2.77. The highest BCUT2D eigenvalue weighted by Crippen LogP contribution is 2.72. The molecular weight excluding hydrogens is 520 g/mol. The van der Waals surface area contributed by atoms with Gasteiger partial charge < -0.3 is 19.7 Å². The average Bonchev–Trinajstić information content (AvgIpc) is 3.51. The molecule has 9 atom stereocenters. The first-order chi connectivity index (χ1) is 19.5. The molecule has 2 aromatic carbocycles. The van der Waals surface area contributed by atoms with Gasteiger partial charge in [0.1, 0.15) is 6.10 Å². The van der Waals surface area contributed by atoms with Crippen LogP contribution < -0.4 is 0 Å². The first kappa shape index (κ1) is 27.6. The summed E-state index contributed by atoms with van der Waals surface area (Å²) >= 11 is 0. The third-order valence-electron chi connectivity index (χ3n) is 10.4. The van der Waals surface area contributed by atoms with Crippen molar-refractivity contribution in [3.05, 3.63) is 95.1 Å². The number of hydrogen-bond acceptors (Lipinski definition) is 7. The number of carbonyl (C=O) groups excluding carboxylic acids is 3. The van der Waals surface area contributed by atoms with Crippen LogP contribution in [-0.4, -0.2) is 52.4 Å². The SMILES string of the molecule is CC1=C[C@@H]2C(=O)[C@]3(C=C(C)[C@H](OC(=O)c4ccccc4)[C@@]3(O)[C@@H]1O)[C@H](C)C[C@@H]1[C@H]2[C@@]1(C)COC(=O)c1ccccc1. The molecule has 7 heteroatoms. The van der Waals surface area contributed by atoms with Gasteiger partial charge >= 0.3 is 11.9 Å². The van der Waals surface area contributed by atoms with Crippen LogP contribution in [0.1, 0.15) is 54.8 Å². The largest absolute Gasteiger partial charge is 0.461 e. The summed E-state index contributed by atoms with van der Waals surface area (Å²) in [5.74, 6) is -2.25. The van der Waals surface area contributed by atoms with E-state index in [-0.39, 0.29) is 30.1 Å². The predicted octanol–water partition coefficient (Wildman–Crippen LogP) is 4.54. The maximum absolute atomic E-state index is 14.7. The van der Waals surface area contributed by atoms with Crippen LogP contribution in [0.5, 0.6) is 0 Å². The van der Waals surface area contributed by atoms with Crippen molar-refractivity contribution in [1.29, 1.82) is 0 Å². The van der Waals surface area contributed by atoms with E-state index in [0.29, 0.717) is 28.7 Å². The van der Waals surface area contributed by atoms with Gasteiger partial charge in [0, 0.05) is 11.3 Å². The third-order valence-corrected chi connectivity index (χ3v) is 10.4. The minimum Gasteiger partial charge on any atom is -0.461 e. The van der Waals surface area contributed by atoms with Crippen molar-refractivity contribution >= 4 is 17.7 Å². The number of ether oxygens (including phenoxy) is 2.